The van der Waals surface area contributed by atoms with Crippen LogP contribution >= 0.6 is 11.5 Å². The molecule has 0 atom stereocenters. The molecule has 0 aromatic carbocycles. The Morgan fingerprint density at radius 3 is 3.08 bits per heavy atom. The van der Waals surface area contributed by atoms with E-state index in [1.165, 1.54) is 11.5 Å². The van der Waals surface area contributed by atoms with E-state index in [1.807, 2.05) is 13.8 Å². The van der Waals surface area contributed by atoms with Gasteiger partial charge < -0.3 is 11.1 Å². The second kappa shape index (κ2) is 4.76. The Morgan fingerprint density at radius 1 is 1.77 bits per heavy atom. The Bertz CT molecular complexity index is 266. The van der Waals surface area contributed by atoms with Crippen LogP contribution in [-0.2, 0) is 6.54 Å². The number of aliphatic imine (C=N–C) groups is 1. The molecular weight excluding hydrogens is 186 g/mol. The fourth-order valence-corrected chi connectivity index (χ4v) is 1.18. The van der Waals surface area contributed by atoms with E-state index in [1.54, 1.807) is 6.20 Å². The third kappa shape index (κ3) is 3.84. The van der Waals surface area contributed by atoms with Gasteiger partial charge in [0.05, 0.1) is 17.6 Å². The SMILES string of the molecule is CC(C)NC(N)=NCc1cnns1. The van der Waals surface area contributed by atoms with Crippen LogP contribution in [0.2, 0.25) is 0 Å². The molecule has 1 aromatic rings. The lowest BCUT2D eigenvalue weighted by Gasteiger charge is -2.07. The maximum atomic E-state index is 5.59. The van der Waals surface area contributed by atoms with Crippen molar-refractivity contribution >= 4 is 17.5 Å². The van der Waals surface area contributed by atoms with E-state index in [0.717, 1.165) is 4.88 Å². The van der Waals surface area contributed by atoms with E-state index in [-0.39, 0.29) is 0 Å². The molecular formula is C7H13N5S. The van der Waals surface area contributed by atoms with Gasteiger partial charge in [0.25, 0.3) is 0 Å². The highest BCUT2D eigenvalue weighted by molar-refractivity contribution is 7.05. The van der Waals surface area contributed by atoms with Gasteiger partial charge in [-0.25, -0.2) is 4.99 Å². The molecule has 0 amide bonds. The number of nitrogens with zero attached hydrogens (tertiary/aromatic N) is 3. The Hall–Kier alpha value is -1.17. The predicted octanol–water partition coefficient (Wildman–Crippen LogP) is 0.351. The quantitative estimate of drug-likeness (QED) is 0.544. The monoisotopic (exact) mass is 199 g/mol. The van der Waals surface area contributed by atoms with Crippen LogP contribution in [0.3, 0.4) is 0 Å². The van der Waals surface area contributed by atoms with Crippen molar-refractivity contribution < 1.29 is 0 Å². The summed E-state index contributed by atoms with van der Waals surface area (Å²) in [5, 5.41) is 6.70. The number of nitrogens with two attached hydrogens (primary N) is 1. The summed E-state index contributed by atoms with van der Waals surface area (Å²) in [5.41, 5.74) is 5.59. The van der Waals surface area contributed by atoms with Gasteiger partial charge in [-0.1, -0.05) is 4.49 Å². The average molecular weight is 199 g/mol. The number of nitrogens with one attached hydrogen (secondary N) is 1. The van der Waals surface area contributed by atoms with Gasteiger partial charge >= 0.3 is 0 Å². The third-order valence-electron chi connectivity index (χ3n) is 1.25. The van der Waals surface area contributed by atoms with Crippen molar-refractivity contribution in [3.8, 4) is 0 Å². The van der Waals surface area contributed by atoms with E-state index in [9.17, 15) is 0 Å². The first kappa shape index (κ1) is 9.91. The van der Waals surface area contributed by atoms with E-state index < -0.39 is 0 Å². The van der Waals surface area contributed by atoms with Gasteiger partial charge in [-0.15, -0.1) is 5.10 Å². The molecule has 0 bridgehead atoms. The van der Waals surface area contributed by atoms with Crippen molar-refractivity contribution in [3.63, 3.8) is 0 Å². The van der Waals surface area contributed by atoms with Gasteiger partial charge in [-0.3, -0.25) is 0 Å². The molecule has 3 N–H and O–H groups in total. The Morgan fingerprint density at radius 2 is 2.54 bits per heavy atom. The van der Waals surface area contributed by atoms with Crippen LogP contribution < -0.4 is 11.1 Å². The molecule has 0 saturated carbocycles. The minimum atomic E-state index is 0.309. The van der Waals surface area contributed by atoms with Crippen molar-refractivity contribution in [2.45, 2.75) is 26.4 Å². The summed E-state index contributed by atoms with van der Waals surface area (Å²) < 4.78 is 3.72. The first-order valence-corrected chi connectivity index (χ1v) is 4.78. The van der Waals surface area contributed by atoms with Gasteiger partial charge in [-0.2, -0.15) is 0 Å². The lowest BCUT2D eigenvalue weighted by atomic mass is 10.4. The highest BCUT2D eigenvalue weighted by Gasteiger charge is 1.96. The van der Waals surface area contributed by atoms with Crippen LogP contribution in [0.25, 0.3) is 0 Å². The molecule has 13 heavy (non-hydrogen) atoms. The summed E-state index contributed by atoms with van der Waals surface area (Å²) in [5.74, 6) is 0.461. The molecule has 0 saturated heterocycles. The molecule has 0 fully saturated rings. The number of hydrogen-bond acceptors (Lipinski definition) is 4. The summed E-state index contributed by atoms with van der Waals surface area (Å²) in [6, 6.07) is 0.309. The molecule has 0 aliphatic rings. The molecule has 0 radical (unpaired) electrons. The molecule has 0 spiro atoms. The maximum absolute atomic E-state index is 5.59. The van der Waals surface area contributed by atoms with Crippen LogP contribution in [0.1, 0.15) is 18.7 Å². The summed E-state index contributed by atoms with van der Waals surface area (Å²) in [6.07, 6.45) is 1.69. The predicted molar refractivity (Wildman–Crippen MR) is 53.5 cm³/mol. The normalized spacial score (nSPS) is 12.1. The Labute approximate surface area is 81.2 Å². The topological polar surface area (TPSA) is 76.2 Å². The highest BCUT2D eigenvalue weighted by Crippen LogP contribution is 2.02. The van der Waals surface area contributed by atoms with Crippen LogP contribution in [0.15, 0.2) is 11.2 Å². The molecule has 1 heterocycles. The lowest BCUT2D eigenvalue weighted by molar-refractivity contribution is 0.724. The largest absolute Gasteiger partial charge is 0.370 e. The standard InChI is InChI=1S/C7H13N5S/c1-5(2)11-7(8)9-3-6-4-10-12-13-6/h4-5H,3H2,1-2H3,(H3,8,9,11). The summed E-state index contributed by atoms with van der Waals surface area (Å²) >= 11 is 1.33. The van der Waals surface area contributed by atoms with Crippen LogP contribution in [0.5, 0.6) is 0 Å². The van der Waals surface area contributed by atoms with Crippen molar-refractivity contribution in [1.82, 2.24) is 14.9 Å². The molecule has 72 valence electrons. The van der Waals surface area contributed by atoms with Gasteiger partial charge in [-0.05, 0) is 25.4 Å². The molecule has 1 aromatic heterocycles. The van der Waals surface area contributed by atoms with E-state index in [2.05, 4.69) is 19.9 Å². The zero-order valence-electron chi connectivity index (χ0n) is 7.69. The van der Waals surface area contributed by atoms with Gasteiger partial charge in [0.2, 0.25) is 0 Å². The number of hydrogen-bond donors (Lipinski definition) is 2. The fraction of sp³-hybridized carbons (Fsp3) is 0.571. The Kier molecular flexibility index (Phi) is 3.63. The minimum absolute atomic E-state index is 0.309. The molecule has 0 unspecified atom stereocenters. The van der Waals surface area contributed by atoms with Gasteiger partial charge in [0.15, 0.2) is 5.96 Å². The second-order valence-corrected chi connectivity index (χ2v) is 3.75. The number of guanidine groups is 1. The number of rotatable bonds is 3. The van der Waals surface area contributed by atoms with E-state index >= 15 is 0 Å². The van der Waals surface area contributed by atoms with Crippen LogP contribution in [-0.4, -0.2) is 21.6 Å². The first-order chi connectivity index (χ1) is 6.18. The summed E-state index contributed by atoms with van der Waals surface area (Å²) in [4.78, 5) is 5.13. The lowest BCUT2D eigenvalue weighted by Crippen LogP contribution is -2.36. The smallest absolute Gasteiger partial charge is 0.189 e. The second-order valence-electron chi connectivity index (χ2n) is 2.88. The fourth-order valence-electron chi connectivity index (χ4n) is 0.762. The van der Waals surface area contributed by atoms with Crippen molar-refractivity contribution in [3.05, 3.63) is 11.1 Å². The van der Waals surface area contributed by atoms with Crippen molar-refractivity contribution in [2.75, 3.05) is 0 Å². The maximum Gasteiger partial charge on any atom is 0.189 e. The average Bonchev–Trinajstić information content (AvgIpc) is 2.51. The molecule has 0 aliphatic heterocycles. The molecule has 6 heteroatoms. The summed E-state index contributed by atoms with van der Waals surface area (Å²) in [7, 11) is 0. The van der Waals surface area contributed by atoms with Crippen molar-refractivity contribution in [1.29, 1.82) is 0 Å². The van der Waals surface area contributed by atoms with Crippen molar-refractivity contribution in [2.24, 2.45) is 10.7 Å². The molecule has 0 aliphatic carbocycles. The summed E-state index contributed by atoms with van der Waals surface area (Å²) in [6.45, 7) is 4.57. The van der Waals surface area contributed by atoms with E-state index in [0.29, 0.717) is 18.5 Å². The van der Waals surface area contributed by atoms with Gasteiger partial charge in [0, 0.05) is 6.04 Å². The highest BCUT2D eigenvalue weighted by atomic mass is 32.1. The molecule has 5 nitrogen and oxygen atoms in total. The zero-order valence-corrected chi connectivity index (χ0v) is 8.51. The van der Waals surface area contributed by atoms with Crippen LogP contribution in [0, 0.1) is 0 Å². The minimum Gasteiger partial charge on any atom is -0.370 e. The Balaban J connectivity index is 2.39. The van der Waals surface area contributed by atoms with E-state index in [4.69, 9.17) is 5.73 Å². The van der Waals surface area contributed by atoms with Crippen LogP contribution in [0.4, 0.5) is 0 Å². The first-order valence-electron chi connectivity index (χ1n) is 4.01. The number of aromatic nitrogens is 2. The molecule has 1 rings (SSSR count). The zero-order chi connectivity index (χ0) is 9.68. The third-order valence-corrected chi connectivity index (χ3v) is 1.89. The van der Waals surface area contributed by atoms with Gasteiger partial charge in [0.1, 0.15) is 0 Å².